The van der Waals surface area contributed by atoms with Gasteiger partial charge in [-0.1, -0.05) is 39.3 Å². The van der Waals surface area contributed by atoms with Crippen LogP contribution in [0.25, 0.3) is 0 Å². The van der Waals surface area contributed by atoms with Gasteiger partial charge < -0.3 is 4.18 Å². The van der Waals surface area contributed by atoms with E-state index in [2.05, 4.69) is 27.3 Å². The average molecular weight is 344 g/mol. The first-order valence-corrected chi connectivity index (χ1v) is 9.30. The van der Waals surface area contributed by atoms with Gasteiger partial charge in [-0.05, 0) is 32.1 Å². The molecule has 0 amide bonds. The second-order valence-electron chi connectivity index (χ2n) is 2.74. The summed E-state index contributed by atoms with van der Waals surface area (Å²) >= 11 is 2.16. The Hall–Kier alpha value is 0.780. The second kappa shape index (κ2) is 17.2. The monoisotopic (exact) mass is 344 g/mol. The van der Waals surface area contributed by atoms with Gasteiger partial charge in [0.1, 0.15) is 0 Å². The van der Waals surface area contributed by atoms with Crippen molar-refractivity contribution in [2.75, 3.05) is 6.61 Å². The van der Waals surface area contributed by atoms with Crippen molar-refractivity contribution in [3.05, 3.63) is 11.6 Å². The fourth-order valence-electron chi connectivity index (χ4n) is 1.34. The molecule has 0 fully saturated rings. The van der Waals surface area contributed by atoms with Crippen molar-refractivity contribution < 1.29 is 4.18 Å². The number of hydrogen-bond acceptors (Lipinski definition) is 2. The Labute approximate surface area is 112 Å². The lowest BCUT2D eigenvalue weighted by atomic mass is 9.98. The van der Waals surface area contributed by atoms with Crippen molar-refractivity contribution in [3.63, 3.8) is 0 Å². The van der Waals surface area contributed by atoms with Gasteiger partial charge >= 0.3 is 0 Å². The first kappa shape index (κ1) is 18.2. The zero-order valence-corrected chi connectivity index (χ0v) is 13.5. The first-order valence-electron chi connectivity index (χ1n) is 6.01. The molecule has 0 aliphatic heterocycles. The first-order chi connectivity index (χ1) is 7.43. The molecule has 92 valence electrons. The Kier molecular flexibility index (Phi) is 20.8. The highest BCUT2D eigenvalue weighted by molar-refractivity contribution is 14.2. The molecule has 0 aromatic heterocycles. The highest BCUT2D eigenvalue weighted by Crippen LogP contribution is 2.21. The molecule has 1 rings (SSSR count). The van der Waals surface area contributed by atoms with Gasteiger partial charge in [0.15, 0.2) is 0 Å². The van der Waals surface area contributed by atoms with Crippen LogP contribution in [0.15, 0.2) is 11.6 Å². The molecule has 1 aliphatic rings. The summed E-state index contributed by atoms with van der Waals surface area (Å²) in [6, 6.07) is 0. The summed E-state index contributed by atoms with van der Waals surface area (Å²) in [5.41, 5.74) is 1.60. The van der Waals surface area contributed by atoms with Gasteiger partial charge in [0, 0.05) is 21.2 Å². The van der Waals surface area contributed by atoms with Gasteiger partial charge in [-0.3, -0.25) is 0 Å². The van der Waals surface area contributed by atoms with E-state index < -0.39 is 0 Å². The summed E-state index contributed by atoms with van der Waals surface area (Å²) in [7, 11) is 1.43. The lowest BCUT2D eigenvalue weighted by molar-refractivity contribution is 0.381. The molecule has 0 saturated heterocycles. The molecule has 0 aromatic rings. The van der Waals surface area contributed by atoms with Gasteiger partial charge in [0.2, 0.25) is 0 Å². The zero-order chi connectivity index (χ0) is 11.9. The molecular formula is C12H25IOS. The fraction of sp³-hybridized carbons (Fsp3) is 0.833. The molecule has 3 heteroatoms. The van der Waals surface area contributed by atoms with Crippen LogP contribution in [0, 0.1) is 0 Å². The minimum atomic E-state index is 0.874. The predicted molar refractivity (Wildman–Crippen MR) is 81.4 cm³/mol. The van der Waals surface area contributed by atoms with E-state index in [-0.39, 0.29) is 0 Å². The van der Waals surface area contributed by atoms with E-state index in [1.807, 2.05) is 27.7 Å². The van der Waals surface area contributed by atoms with Crippen molar-refractivity contribution in [1.82, 2.24) is 0 Å². The Morgan fingerprint density at radius 2 is 1.93 bits per heavy atom. The van der Waals surface area contributed by atoms with Crippen LogP contribution in [-0.2, 0) is 4.18 Å². The Morgan fingerprint density at radius 3 is 2.40 bits per heavy atom. The van der Waals surface area contributed by atoms with Crippen LogP contribution in [0.4, 0.5) is 0 Å². The number of rotatable bonds is 4. The van der Waals surface area contributed by atoms with Crippen LogP contribution >= 0.6 is 30.4 Å². The predicted octanol–water partition coefficient (Wildman–Crippen LogP) is 5.94. The minimum absolute atomic E-state index is 0.874. The molecule has 0 spiro atoms. The van der Waals surface area contributed by atoms with E-state index in [1.165, 1.54) is 34.9 Å². The topological polar surface area (TPSA) is 9.23 Å². The maximum atomic E-state index is 5.20. The van der Waals surface area contributed by atoms with Crippen molar-refractivity contribution >= 4 is 30.4 Å². The van der Waals surface area contributed by atoms with E-state index in [9.17, 15) is 0 Å². The summed E-state index contributed by atoms with van der Waals surface area (Å²) in [6.45, 7) is 8.87. The van der Waals surface area contributed by atoms with Gasteiger partial charge in [0.25, 0.3) is 0 Å². The highest BCUT2D eigenvalue weighted by atomic mass is 127. The molecule has 1 aliphatic carbocycles. The molecule has 0 heterocycles. The Bertz CT molecular complexity index is 138. The summed E-state index contributed by atoms with van der Waals surface area (Å²) in [5.74, 6) is 0. The molecule has 1 nitrogen and oxygen atoms in total. The fourth-order valence-corrected chi connectivity index (χ4v) is 2.02. The SMILES string of the molecule is CC.CC.ISOCCC1=CCCCC1. The molecule has 0 saturated carbocycles. The third-order valence-electron chi connectivity index (χ3n) is 1.94. The van der Waals surface area contributed by atoms with Gasteiger partial charge in [0.05, 0.1) is 15.8 Å². The average Bonchev–Trinajstić information content (AvgIpc) is 2.36. The Balaban J connectivity index is 0. The van der Waals surface area contributed by atoms with Crippen LogP contribution in [0.3, 0.4) is 0 Å². The van der Waals surface area contributed by atoms with Crippen LogP contribution in [0.1, 0.15) is 59.8 Å². The third-order valence-corrected chi connectivity index (χ3v) is 2.95. The highest BCUT2D eigenvalue weighted by Gasteiger charge is 2.02. The van der Waals surface area contributed by atoms with Crippen LogP contribution in [-0.4, -0.2) is 6.61 Å². The summed E-state index contributed by atoms with van der Waals surface area (Å²) in [6.07, 6.45) is 8.86. The molecule has 0 unspecified atom stereocenters. The molecular weight excluding hydrogens is 319 g/mol. The number of halogens is 1. The maximum absolute atomic E-state index is 5.20. The minimum Gasteiger partial charge on any atom is -0.305 e. The lowest BCUT2D eigenvalue weighted by Gasteiger charge is -2.11. The van der Waals surface area contributed by atoms with E-state index in [4.69, 9.17) is 4.18 Å². The molecule has 15 heavy (non-hydrogen) atoms. The van der Waals surface area contributed by atoms with Crippen molar-refractivity contribution in [1.29, 1.82) is 0 Å². The third kappa shape index (κ3) is 12.7. The smallest absolute Gasteiger partial charge is 0.0660 e. The van der Waals surface area contributed by atoms with E-state index in [1.54, 1.807) is 5.57 Å². The van der Waals surface area contributed by atoms with Crippen LogP contribution in [0.5, 0.6) is 0 Å². The second-order valence-corrected chi connectivity index (χ2v) is 4.18. The normalized spacial score (nSPS) is 14.1. The van der Waals surface area contributed by atoms with Crippen LogP contribution in [0.2, 0.25) is 0 Å². The molecule has 0 atom stereocenters. The maximum Gasteiger partial charge on any atom is 0.0660 e. The summed E-state index contributed by atoms with van der Waals surface area (Å²) in [5, 5.41) is 0. The summed E-state index contributed by atoms with van der Waals surface area (Å²) < 4.78 is 5.20. The van der Waals surface area contributed by atoms with E-state index in [0.29, 0.717) is 0 Å². The largest absolute Gasteiger partial charge is 0.305 e. The number of hydrogen-bond donors (Lipinski definition) is 0. The van der Waals surface area contributed by atoms with Crippen molar-refractivity contribution in [3.8, 4) is 0 Å². The van der Waals surface area contributed by atoms with Crippen LogP contribution < -0.4 is 0 Å². The lowest BCUT2D eigenvalue weighted by Crippen LogP contribution is -1.95. The molecule has 0 bridgehead atoms. The van der Waals surface area contributed by atoms with E-state index in [0.717, 1.165) is 13.0 Å². The molecule has 0 aromatic carbocycles. The van der Waals surface area contributed by atoms with E-state index >= 15 is 0 Å². The molecule has 0 N–H and O–H groups in total. The van der Waals surface area contributed by atoms with Gasteiger partial charge in [-0.2, -0.15) is 0 Å². The molecule has 0 radical (unpaired) electrons. The standard InChI is InChI=1S/C8H13IOS.2C2H6/c9-11-10-7-6-8-4-2-1-3-5-8;2*1-2/h4H,1-3,5-7H2;2*1-2H3. The number of allylic oxidation sites excluding steroid dienone is 1. The van der Waals surface area contributed by atoms with Gasteiger partial charge in [-0.25, -0.2) is 0 Å². The zero-order valence-electron chi connectivity index (χ0n) is 10.5. The quantitative estimate of drug-likeness (QED) is 0.270. The summed E-state index contributed by atoms with van der Waals surface area (Å²) in [4.78, 5) is 0. The van der Waals surface area contributed by atoms with Gasteiger partial charge in [-0.15, -0.1) is 0 Å². The van der Waals surface area contributed by atoms with Crippen molar-refractivity contribution in [2.24, 2.45) is 0 Å². The Morgan fingerprint density at radius 1 is 1.27 bits per heavy atom. The van der Waals surface area contributed by atoms with Crippen molar-refractivity contribution in [2.45, 2.75) is 59.8 Å².